The first-order valence-electron chi connectivity index (χ1n) is 9.28. The molecule has 2 aliphatic rings. The van der Waals surface area contributed by atoms with Crippen molar-refractivity contribution in [3.05, 3.63) is 42.1 Å². The van der Waals surface area contributed by atoms with Gasteiger partial charge in [0, 0.05) is 28.3 Å². The molecule has 26 heavy (non-hydrogen) atoms. The van der Waals surface area contributed by atoms with E-state index < -0.39 is 5.97 Å². The Bertz CT molecular complexity index is 804. The summed E-state index contributed by atoms with van der Waals surface area (Å²) < 4.78 is 5.96. The number of carbonyl (C=O) groups is 1. The number of carboxylic acid groups (broad SMARTS) is 1. The third-order valence-corrected chi connectivity index (χ3v) is 6.46. The molecular weight excluding hydrogens is 346 g/mol. The summed E-state index contributed by atoms with van der Waals surface area (Å²) in [6, 6.07) is 10.6. The second kappa shape index (κ2) is 7.70. The van der Waals surface area contributed by atoms with Gasteiger partial charge in [0.1, 0.15) is 0 Å². The van der Waals surface area contributed by atoms with Crippen molar-refractivity contribution < 1.29 is 14.6 Å². The van der Waals surface area contributed by atoms with Crippen LogP contribution in [0.3, 0.4) is 0 Å². The molecule has 1 aromatic carbocycles. The molecule has 4 nitrogen and oxygen atoms in total. The summed E-state index contributed by atoms with van der Waals surface area (Å²) in [6.45, 7) is 0.760. The number of aromatic nitrogens is 1. The maximum atomic E-state index is 10.8. The minimum atomic E-state index is -0.706. The van der Waals surface area contributed by atoms with Gasteiger partial charge in [-0.1, -0.05) is 6.07 Å². The third-order valence-electron chi connectivity index (χ3n) is 5.00. The Kier molecular flexibility index (Phi) is 5.16. The largest absolute Gasteiger partial charge is 0.481 e. The molecule has 5 heteroatoms. The second-order valence-electron chi connectivity index (χ2n) is 7.14. The van der Waals surface area contributed by atoms with Crippen molar-refractivity contribution in [2.75, 3.05) is 6.61 Å². The fraction of sp³-hybridized carbons (Fsp3) is 0.429. The van der Waals surface area contributed by atoms with Crippen LogP contribution in [0.2, 0.25) is 0 Å². The first kappa shape index (κ1) is 17.4. The van der Waals surface area contributed by atoms with Crippen molar-refractivity contribution in [1.82, 2.24) is 4.98 Å². The number of ether oxygens (including phenoxy) is 1. The molecule has 1 aromatic heterocycles. The number of fused-ring (bicyclic) bond motifs is 1. The lowest BCUT2D eigenvalue weighted by Gasteiger charge is -2.24. The molecule has 1 aliphatic carbocycles. The first-order valence-corrected chi connectivity index (χ1v) is 10.2. The molecule has 0 bridgehead atoms. The topological polar surface area (TPSA) is 59.4 Å². The zero-order chi connectivity index (χ0) is 17.9. The van der Waals surface area contributed by atoms with E-state index in [1.165, 1.54) is 23.3 Å². The number of aliphatic carboxylic acids is 1. The van der Waals surface area contributed by atoms with E-state index in [1.807, 2.05) is 17.8 Å². The third kappa shape index (κ3) is 4.21. The average Bonchev–Trinajstić information content (AvgIpc) is 3.49. The molecule has 136 valence electrons. The number of hydrogen-bond donors (Lipinski definition) is 1. The number of thioether (sulfide) groups is 1. The summed E-state index contributed by atoms with van der Waals surface area (Å²) in [6.07, 6.45) is 7.34. The van der Waals surface area contributed by atoms with E-state index >= 15 is 0 Å². The lowest BCUT2D eigenvalue weighted by molar-refractivity contribution is -0.137. The molecule has 1 aliphatic heterocycles. The molecule has 0 amide bonds. The molecular formula is C21H23NO3S. The van der Waals surface area contributed by atoms with Gasteiger partial charge in [0.2, 0.25) is 5.88 Å². The quantitative estimate of drug-likeness (QED) is 0.759. The normalized spacial score (nSPS) is 19.0. The minimum Gasteiger partial charge on any atom is -0.481 e. The van der Waals surface area contributed by atoms with Crippen LogP contribution in [-0.4, -0.2) is 27.9 Å². The van der Waals surface area contributed by atoms with Crippen LogP contribution >= 0.6 is 11.8 Å². The Morgan fingerprint density at radius 1 is 1.27 bits per heavy atom. The second-order valence-corrected chi connectivity index (χ2v) is 8.49. The number of benzene rings is 1. The van der Waals surface area contributed by atoms with Gasteiger partial charge < -0.3 is 9.84 Å². The van der Waals surface area contributed by atoms with E-state index in [2.05, 4.69) is 29.2 Å². The van der Waals surface area contributed by atoms with Gasteiger partial charge in [-0.15, -0.1) is 11.8 Å². The van der Waals surface area contributed by atoms with Gasteiger partial charge in [-0.25, -0.2) is 4.98 Å². The summed E-state index contributed by atoms with van der Waals surface area (Å²) in [7, 11) is 0. The number of pyridine rings is 1. The van der Waals surface area contributed by atoms with Crippen molar-refractivity contribution in [3.63, 3.8) is 0 Å². The Morgan fingerprint density at radius 2 is 2.15 bits per heavy atom. The summed E-state index contributed by atoms with van der Waals surface area (Å²) in [5, 5.41) is 9.29. The Morgan fingerprint density at radius 3 is 2.96 bits per heavy atom. The van der Waals surface area contributed by atoms with E-state index in [0.29, 0.717) is 11.2 Å². The van der Waals surface area contributed by atoms with Crippen molar-refractivity contribution in [2.24, 2.45) is 5.92 Å². The van der Waals surface area contributed by atoms with Gasteiger partial charge in [-0.05, 0) is 73.4 Å². The van der Waals surface area contributed by atoms with Crippen LogP contribution in [0.15, 0.2) is 41.4 Å². The first-order chi connectivity index (χ1) is 12.7. The number of aryl methyl sites for hydroxylation is 1. The maximum Gasteiger partial charge on any atom is 0.303 e. The van der Waals surface area contributed by atoms with Gasteiger partial charge in [0.05, 0.1) is 6.61 Å². The van der Waals surface area contributed by atoms with Crippen LogP contribution < -0.4 is 4.74 Å². The van der Waals surface area contributed by atoms with E-state index in [1.54, 1.807) is 6.20 Å². The highest BCUT2D eigenvalue weighted by Gasteiger charge is 2.24. The van der Waals surface area contributed by atoms with Crippen molar-refractivity contribution in [3.8, 4) is 17.0 Å². The van der Waals surface area contributed by atoms with E-state index in [0.717, 1.165) is 42.9 Å². The maximum absolute atomic E-state index is 10.8. The van der Waals surface area contributed by atoms with Crippen LogP contribution in [0.25, 0.3) is 11.1 Å². The number of hydrogen-bond acceptors (Lipinski definition) is 4. The lowest BCUT2D eigenvalue weighted by atomic mass is 9.99. The fourth-order valence-corrected chi connectivity index (χ4v) is 4.60. The van der Waals surface area contributed by atoms with Crippen molar-refractivity contribution >= 4 is 17.7 Å². The number of nitrogens with zero attached hydrogens (tertiary/aromatic N) is 1. The van der Waals surface area contributed by atoms with E-state index in [-0.39, 0.29) is 6.42 Å². The summed E-state index contributed by atoms with van der Waals surface area (Å²) in [5.74, 6) is 0.719. The molecule has 2 heterocycles. The van der Waals surface area contributed by atoms with Gasteiger partial charge in [-0.2, -0.15) is 0 Å². The Balaban J connectivity index is 1.50. The minimum absolute atomic E-state index is 0.252. The molecule has 4 rings (SSSR count). The molecule has 1 fully saturated rings. The van der Waals surface area contributed by atoms with Crippen LogP contribution in [0.5, 0.6) is 5.88 Å². The lowest BCUT2D eigenvalue weighted by Crippen LogP contribution is -2.12. The monoisotopic (exact) mass is 369 g/mol. The van der Waals surface area contributed by atoms with Gasteiger partial charge in [0.15, 0.2) is 0 Å². The van der Waals surface area contributed by atoms with Crippen LogP contribution in [0.4, 0.5) is 0 Å². The summed E-state index contributed by atoms with van der Waals surface area (Å²) in [5.41, 5.74) is 3.54. The fourth-order valence-electron chi connectivity index (χ4n) is 3.31. The molecule has 0 saturated heterocycles. The molecule has 2 aromatic rings. The van der Waals surface area contributed by atoms with E-state index in [9.17, 15) is 4.79 Å². The molecule has 0 radical (unpaired) electrons. The van der Waals surface area contributed by atoms with Gasteiger partial charge in [-0.3, -0.25) is 4.79 Å². The van der Waals surface area contributed by atoms with E-state index in [4.69, 9.17) is 9.84 Å². The highest BCUT2D eigenvalue weighted by molar-refractivity contribution is 8.00. The van der Waals surface area contributed by atoms with Crippen molar-refractivity contribution in [2.45, 2.75) is 48.7 Å². The van der Waals surface area contributed by atoms with Crippen molar-refractivity contribution in [1.29, 1.82) is 0 Å². The predicted molar refractivity (Wildman–Crippen MR) is 103 cm³/mol. The van der Waals surface area contributed by atoms with Crippen LogP contribution in [0, 0.1) is 5.92 Å². The van der Waals surface area contributed by atoms with Gasteiger partial charge >= 0.3 is 5.97 Å². The zero-order valence-corrected chi connectivity index (χ0v) is 15.5. The SMILES string of the molecule is O=C(O)CCC1CCc2cc(-c3cccnc3OCC3CC3)ccc2S1. The van der Waals surface area contributed by atoms with Crippen LogP contribution in [-0.2, 0) is 11.2 Å². The highest BCUT2D eigenvalue weighted by atomic mass is 32.2. The summed E-state index contributed by atoms with van der Waals surface area (Å²) >= 11 is 1.82. The predicted octanol–water partition coefficient (Wildman–Crippen LogP) is 4.81. The standard InChI is InChI=1S/C21H23NO3S/c23-20(24)10-8-17-7-5-16-12-15(6-9-19(16)26-17)18-2-1-11-22-21(18)25-13-14-3-4-14/h1-2,6,9,11-12,14,17H,3-5,7-8,10,13H2,(H,23,24). The zero-order valence-electron chi connectivity index (χ0n) is 14.7. The molecule has 1 saturated carbocycles. The number of rotatable bonds is 7. The Labute approximate surface area is 158 Å². The summed E-state index contributed by atoms with van der Waals surface area (Å²) in [4.78, 5) is 16.5. The van der Waals surface area contributed by atoms with Gasteiger partial charge in [0.25, 0.3) is 0 Å². The van der Waals surface area contributed by atoms with Crippen LogP contribution in [0.1, 0.15) is 37.7 Å². The molecule has 1 N–H and O–H groups in total. The smallest absolute Gasteiger partial charge is 0.303 e. The molecule has 0 spiro atoms. The highest BCUT2D eigenvalue weighted by Crippen LogP contribution is 2.40. The molecule has 1 unspecified atom stereocenters. The Hall–Kier alpha value is -2.01. The number of carboxylic acids is 1. The molecule has 1 atom stereocenters. The average molecular weight is 369 g/mol.